The van der Waals surface area contributed by atoms with Gasteiger partial charge in [0.1, 0.15) is 0 Å². The summed E-state index contributed by atoms with van der Waals surface area (Å²) in [6.07, 6.45) is 2.73. The Kier molecular flexibility index (Phi) is 5.09. The highest BCUT2D eigenvalue weighted by Gasteiger charge is 2.13. The second-order valence-electron chi connectivity index (χ2n) is 4.94. The van der Waals surface area contributed by atoms with Crippen molar-refractivity contribution in [2.24, 2.45) is 0 Å². The molecule has 0 saturated heterocycles. The minimum atomic E-state index is -0.303. The number of esters is 1. The Morgan fingerprint density at radius 3 is 2.45 bits per heavy atom. The summed E-state index contributed by atoms with van der Waals surface area (Å²) in [5, 5.41) is 0. The Hall–Kier alpha value is -2.43. The molecule has 0 fully saturated rings. The van der Waals surface area contributed by atoms with Gasteiger partial charge in [-0.3, -0.25) is 0 Å². The Bertz CT molecular complexity index is 661. The van der Waals surface area contributed by atoms with Crippen LogP contribution in [-0.2, 0) is 17.7 Å². The van der Waals surface area contributed by atoms with Crippen molar-refractivity contribution in [3.05, 3.63) is 47.3 Å². The molecule has 1 aromatic carbocycles. The number of nitrogens with zero attached hydrogens (tertiary/aromatic N) is 1. The first-order chi connectivity index (χ1) is 10.6. The summed E-state index contributed by atoms with van der Waals surface area (Å²) in [5.74, 6) is 1.14. The molecule has 2 rings (SSSR count). The van der Waals surface area contributed by atoms with Gasteiger partial charge in [-0.2, -0.15) is 0 Å². The third kappa shape index (κ3) is 3.24. The Labute approximate surface area is 130 Å². The van der Waals surface area contributed by atoms with E-state index in [0.717, 1.165) is 35.7 Å². The largest absolute Gasteiger partial charge is 0.493 e. The van der Waals surface area contributed by atoms with Crippen molar-refractivity contribution in [1.29, 1.82) is 0 Å². The number of benzene rings is 1. The fraction of sp³-hybridized carbons (Fsp3) is 0.353. The average molecular weight is 303 g/mol. The summed E-state index contributed by atoms with van der Waals surface area (Å²) in [6, 6.07) is 7.67. The van der Waals surface area contributed by atoms with E-state index in [0.29, 0.717) is 5.56 Å². The number of hydrogen-bond acceptors (Lipinski definition) is 4. The molecule has 0 radical (unpaired) electrons. The van der Waals surface area contributed by atoms with Crippen LogP contribution in [-0.4, -0.2) is 31.9 Å². The van der Waals surface area contributed by atoms with Crippen LogP contribution in [0, 0.1) is 6.92 Å². The summed E-state index contributed by atoms with van der Waals surface area (Å²) in [5.41, 5.74) is 2.66. The maximum atomic E-state index is 11.6. The Balaban J connectivity index is 2.10. The van der Waals surface area contributed by atoms with Crippen LogP contribution in [0.15, 0.2) is 30.5 Å². The molecular formula is C17H21NO4. The molecule has 1 aromatic heterocycles. The molecule has 0 atom stereocenters. The number of ether oxygens (including phenoxy) is 3. The van der Waals surface area contributed by atoms with Gasteiger partial charge < -0.3 is 18.8 Å². The lowest BCUT2D eigenvalue weighted by molar-refractivity contribution is 0.0600. The molecule has 0 unspecified atom stereocenters. The number of carbonyl (C=O) groups excluding carboxylic acids is 1. The average Bonchev–Trinajstić information content (AvgIpc) is 2.92. The van der Waals surface area contributed by atoms with Gasteiger partial charge in [0.05, 0.1) is 26.9 Å². The predicted octanol–water partition coefficient (Wildman–Crippen LogP) is 2.84. The number of hydrogen-bond donors (Lipinski definition) is 0. The van der Waals surface area contributed by atoms with Crippen LogP contribution >= 0.6 is 0 Å². The van der Waals surface area contributed by atoms with Crippen LogP contribution < -0.4 is 9.47 Å². The van der Waals surface area contributed by atoms with Crippen molar-refractivity contribution < 1.29 is 19.0 Å². The van der Waals surface area contributed by atoms with E-state index in [-0.39, 0.29) is 5.97 Å². The van der Waals surface area contributed by atoms with Crippen molar-refractivity contribution in [3.8, 4) is 11.5 Å². The lowest BCUT2D eigenvalue weighted by Gasteiger charge is -2.11. The first-order valence-electron chi connectivity index (χ1n) is 7.05. The van der Waals surface area contributed by atoms with Gasteiger partial charge in [-0.05, 0) is 37.1 Å². The highest BCUT2D eigenvalue weighted by molar-refractivity contribution is 5.90. The fourth-order valence-electron chi connectivity index (χ4n) is 2.41. The molecule has 0 bridgehead atoms. The maximum absolute atomic E-state index is 11.6. The number of rotatable bonds is 6. The van der Waals surface area contributed by atoms with E-state index in [4.69, 9.17) is 14.2 Å². The smallest absolute Gasteiger partial charge is 0.339 e. The summed E-state index contributed by atoms with van der Waals surface area (Å²) in [6.45, 7) is 2.69. The third-order valence-electron chi connectivity index (χ3n) is 3.74. The molecule has 1 heterocycles. The minimum absolute atomic E-state index is 0.303. The van der Waals surface area contributed by atoms with Gasteiger partial charge in [0.15, 0.2) is 11.5 Å². The second kappa shape index (κ2) is 7.02. The Morgan fingerprint density at radius 1 is 1.09 bits per heavy atom. The monoisotopic (exact) mass is 303 g/mol. The topological polar surface area (TPSA) is 49.7 Å². The molecular weight excluding hydrogens is 282 g/mol. The third-order valence-corrected chi connectivity index (χ3v) is 3.74. The van der Waals surface area contributed by atoms with Gasteiger partial charge in [0.2, 0.25) is 0 Å². The molecule has 0 aliphatic heterocycles. The van der Waals surface area contributed by atoms with Crippen molar-refractivity contribution in [1.82, 2.24) is 4.57 Å². The van der Waals surface area contributed by atoms with Gasteiger partial charge in [0, 0.05) is 18.4 Å². The van der Waals surface area contributed by atoms with Gasteiger partial charge >= 0.3 is 5.97 Å². The van der Waals surface area contributed by atoms with Crippen molar-refractivity contribution in [2.45, 2.75) is 19.9 Å². The summed E-state index contributed by atoms with van der Waals surface area (Å²) < 4.78 is 17.4. The molecule has 0 amide bonds. The van der Waals surface area contributed by atoms with Gasteiger partial charge in [-0.25, -0.2) is 4.79 Å². The highest BCUT2D eigenvalue weighted by atomic mass is 16.5. The molecule has 5 heteroatoms. The minimum Gasteiger partial charge on any atom is -0.493 e. The van der Waals surface area contributed by atoms with E-state index in [1.54, 1.807) is 20.3 Å². The Morgan fingerprint density at radius 2 is 1.82 bits per heavy atom. The molecule has 118 valence electrons. The summed E-state index contributed by atoms with van der Waals surface area (Å²) >= 11 is 0. The first-order valence-corrected chi connectivity index (χ1v) is 7.05. The number of aryl methyl sites for hydroxylation is 2. The molecule has 0 spiro atoms. The molecule has 2 aromatic rings. The van der Waals surface area contributed by atoms with E-state index in [2.05, 4.69) is 0 Å². The van der Waals surface area contributed by atoms with E-state index >= 15 is 0 Å². The second-order valence-corrected chi connectivity index (χ2v) is 4.94. The van der Waals surface area contributed by atoms with Crippen LogP contribution in [0.2, 0.25) is 0 Å². The van der Waals surface area contributed by atoms with E-state index in [9.17, 15) is 4.79 Å². The molecule has 0 saturated carbocycles. The van der Waals surface area contributed by atoms with Crippen LogP contribution in [0.3, 0.4) is 0 Å². The SMILES string of the molecule is COC(=O)c1ccn(CCc2ccc(OC)c(OC)c2)c1C. The standard InChI is InChI=1S/C17H21NO4/c1-12-14(17(19)22-4)8-10-18(12)9-7-13-5-6-15(20-2)16(11-13)21-3/h5-6,8,10-11H,7,9H2,1-4H3. The predicted molar refractivity (Wildman–Crippen MR) is 83.8 cm³/mol. The van der Waals surface area contributed by atoms with E-state index < -0.39 is 0 Å². The van der Waals surface area contributed by atoms with Gasteiger partial charge in [0.25, 0.3) is 0 Å². The zero-order valence-corrected chi connectivity index (χ0v) is 13.4. The number of carbonyl (C=O) groups is 1. The van der Waals surface area contributed by atoms with Crippen molar-refractivity contribution >= 4 is 5.97 Å². The summed E-state index contributed by atoms with van der Waals surface area (Å²) in [7, 11) is 4.64. The van der Waals surface area contributed by atoms with E-state index in [1.807, 2.05) is 35.9 Å². The van der Waals surface area contributed by atoms with Crippen molar-refractivity contribution in [3.63, 3.8) is 0 Å². The summed E-state index contributed by atoms with van der Waals surface area (Å²) in [4.78, 5) is 11.6. The maximum Gasteiger partial charge on any atom is 0.339 e. The van der Waals surface area contributed by atoms with Crippen molar-refractivity contribution in [2.75, 3.05) is 21.3 Å². The fourth-order valence-corrected chi connectivity index (χ4v) is 2.41. The molecule has 5 nitrogen and oxygen atoms in total. The van der Waals surface area contributed by atoms with Crippen LogP contribution in [0.5, 0.6) is 11.5 Å². The lowest BCUT2D eigenvalue weighted by Crippen LogP contribution is -2.06. The highest BCUT2D eigenvalue weighted by Crippen LogP contribution is 2.27. The number of aromatic nitrogens is 1. The lowest BCUT2D eigenvalue weighted by atomic mass is 10.1. The normalized spacial score (nSPS) is 10.4. The van der Waals surface area contributed by atoms with Gasteiger partial charge in [-0.15, -0.1) is 0 Å². The molecule has 22 heavy (non-hydrogen) atoms. The number of methoxy groups -OCH3 is 3. The quantitative estimate of drug-likeness (QED) is 0.770. The molecule has 0 aliphatic rings. The van der Waals surface area contributed by atoms with Crippen LogP contribution in [0.25, 0.3) is 0 Å². The van der Waals surface area contributed by atoms with Crippen LogP contribution in [0.1, 0.15) is 21.6 Å². The zero-order chi connectivity index (χ0) is 16.1. The first kappa shape index (κ1) is 15.9. The van der Waals surface area contributed by atoms with Crippen LogP contribution in [0.4, 0.5) is 0 Å². The molecule has 0 aliphatic carbocycles. The van der Waals surface area contributed by atoms with E-state index in [1.165, 1.54) is 7.11 Å². The van der Waals surface area contributed by atoms with Gasteiger partial charge in [-0.1, -0.05) is 6.07 Å². The molecule has 0 N–H and O–H groups in total. The zero-order valence-electron chi connectivity index (χ0n) is 13.4.